The van der Waals surface area contributed by atoms with Crippen molar-refractivity contribution in [2.24, 2.45) is 17.8 Å². The van der Waals surface area contributed by atoms with E-state index >= 15 is 0 Å². The molecule has 3 aliphatic rings. The maximum atomic E-state index is 13.3. The van der Waals surface area contributed by atoms with E-state index in [0.717, 1.165) is 46.0 Å². The van der Waals surface area contributed by atoms with Crippen molar-refractivity contribution in [2.75, 3.05) is 13.7 Å². The Morgan fingerprint density at radius 3 is 2.60 bits per heavy atom. The first-order valence-corrected chi connectivity index (χ1v) is 14.5. The molecule has 1 aromatic heterocycles. The number of aromatic nitrogens is 1. The molecule has 2 aliphatic heterocycles. The number of aromatic hydroxyl groups is 1. The summed E-state index contributed by atoms with van der Waals surface area (Å²) in [6.07, 6.45) is 6.32. The summed E-state index contributed by atoms with van der Waals surface area (Å²) < 4.78 is 11.1. The van der Waals surface area contributed by atoms with Crippen molar-refractivity contribution >= 4 is 40.3 Å². The van der Waals surface area contributed by atoms with Gasteiger partial charge in [0, 0.05) is 17.5 Å². The van der Waals surface area contributed by atoms with Crippen LogP contribution in [0.4, 0.5) is 4.79 Å². The number of ether oxygens (including phenoxy) is 2. The standard InChI is InChI=1S/C34H34N2O6/c1-3-8-22-18-25-31(33(39)36(32(25)38)34(40)41-2)26-19-42-29(30(22)26)15-13-21(27-11-6-7-16-35-27)17-20-12-14-28(37)24-10-5-4-9-23(20)24/h4-7,9-12,14,16-17,25-26,29,31,37H,3,8,13,15,18-19H2,1-2H3/b21-17-/t25-,26+,29-,31-/m1/s1. The van der Waals surface area contributed by atoms with Crippen LogP contribution in [0.15, 0.2) is 71.9 Å². The van der Waals surface area contributed by atoms with E-state index in [-0.39, 0.29) is 17.8 Å². The molecule has 0 spiro atoms. The molecule has 216 valence electrons. The number of hydrogen-bond donors (Lipinski definition) is 1. The van der Waals surface area contributed by atoms with Gasteiger partial charge in [0.2, 0.25) is 11.8 Å². The van der Waals surface area contributed by atoms with E-state index in [0.29, 0.717) is 30.8 Å². The van der Waals surface area contributed by atoms with Crippen LogP contribution in [0.2, 0.25) is 0 Å². The fourth-order valence-electron chi connectivity index (χ4n) is 7.02. The fourth-order valence-corrected chi connectivity index (χ4v) is 7.02. The molecule has 0 saturated carbocycles. The molecule has 3 amide bonds. The summed E-state index contributed by atoms with van der Waals surface area (Å²) in [5.41, 5.74) is 5.18. The van der Waals surface area contributed by atoms with E-state index in [1.165, 1.54) is 12.7 Å². The van der Waals surface area contributed by atoms with Crippen LogP contribution in [0.3, 0.4) is 0 Å². The normalized spacial score (nSPS) is 23.9. The van der Waals surface area contributed by atoms with Crippen LogP contribution in [0.25, 0.3) is 22.4 Å². The van der Waals surface area contributed by atoms with Gasteiger partial charge < -0.3 is 14.6 Å². The van der Waals surface area contributed by atoms with Crippen LogP contribution >= 0.6 is 0 Å². The van der Waals surface area contributed by atoms with Crippen molar-refractivity contribution in [2.45, 2.75) is 45.1 Å². The number of pyridine rings is 1. The molecule has 3 heterocycles. The molecule has 6 rings (SSSR count). The van der Waals surface area contributed by atoms with E-state index in [1.54, 1.807) is 12.3 Å². The number of nitrogens with zero attached hydrogens (tertiary/aromatic N) is 2. The number of amides is 3. The van der Waals surface area contributed by atoms with E-state index in [2.05, 4.69) is 18.0 Å². The Morgan fingerprint density at radius 2 is 1.86 bits per heavy atom. The molecule has 1 aliphatic carbocycles. The molecule has 0 radical (unpaired) electrons. The minimum absolute atomic E-state index is 0.198. The zero-order valence-corrected chi connectivity index (χ0v) is 23.8. The third kappa shape index (κ3) is 4.79. The molecule has 0 bridgehead atoms. The van der Waals surface area contributed by atoms with Gasteiger partial charge in [-0.15, -0.1) is 0 Å². The third-order valence-corrected chi connectivity index (χ3v) is 8.85. The number of phenols is 1. The second-order valence-electron chi connectivity index (χ2n) is 11.2. The Kier molecular flexibility index (Phi) is 7.64. The molecule has 4 atom stereocenters. The maximum absolute atomic E-state index is 13.3. The van der Waals surface area contributed by atoms with Gasteiger partial charge in [-0.05, 0) is 72.1 Å². The number of hydrogen-bond acceptors (Lipinski definition) is 7. The largest absolute Gasteiger partial charge is 0.507 e. The van der Waals surface area contributed by atoms with Crippen LogP contribution in [-0.2, 0) is 19.1 Å². The average Bonchev–Trinajstić information content (AvgIpc) is 3.55. The lowest BCUT2D eigenvalue weighted by atomic mass is 9.68. The molecule has 8 nitrogen and oxygen atoms in total. The SMILES string of the molecule is CCCC1=C2[C@@H](CC/C(=C/c3ccc(O)c4ccccc34)c3ccccn3)OC[C@@H]2[C@@H]2C(=O)N(C(=O)OC)C(=O)[C@@H]2C1. The number of benzene rings is 2. The number of carbonyl (C=O) groups excluding carboxylic acids is 3. The zero-order valence-electron chi connectivity index (χ0n) is 23.8. The molecule has 8 heteroatoms. The Morgan fingerprint density at radius 1 is 1.07 bits per heavy atom. The Hall–Kier alpha value is -4.30. The van der Waals surface area contributed by atoms with E-state index in [9.17, 15) is 19.5 Å². The Bertz CT molecular complexity index is 1610. The third-order valence-electron chi connectivity index (χ3n) is 8.85. The Balaban J connectivity index is 1.32. The first kappa shape index (κ1) is 27.8. The van der Waals surface area contributed by atoms with Crippen molar-refractivity contribution in [3.05, 3.63) is 83.2 Å². The molecule has 42 heavy (non-hydrogen) atoms. The highest BCUT2D eigenvalue weighted by Gasteiger charge is 2.58. The van der Waals surface area contributed by atoms with Gasteiger partial charge in [0.1, 0.15) is 5.75 Å². The second-order valence-corrected chi connectivity index (χ2v) is 11.2. The summed E-state index contributed by atoms with van der Waals surface area (Å²) in [5.74, 6) is -2.09. The van der Waals surface area contributed by atoms with Gasteiger partial charge in [0.05, 0.1) is 37.4 Å². The fraction of sp³-hybridized carbons (Fsp3) is 0.353. The van der Waals surface area contributed by atoms with Crippen molar-refractivity contribution in [3.8, 4) is 5.75 Å². The van der Waals surface area contributed by atoms with Crippen LogP contribution in [0.5, 0.6) is 5.75 Å². The second kappa shape index (κ2) is 11.5. The van der Waals surface area contributed by atoms with Crippen LogP contribution in [0.1, 0.15) is 50.3 Å². The van der Waals surface area contributed by atoms with Gasteiger partial charge in [-0.1, -0.05) is 55.3 Å². The number of likely N-dealkylation sites (tertiary alicyclic amines) is 1. The number of phenolic OH excluding ortho intramolecular Hbond substituents is 1. The lowest BCUT2D eigenvalue weighted by Crippen LogP contribution is -2.38. The molecule has 2 saturated heterocycles. The van der Waals surface area contributed by atoms with Gasteiger partial charge >= 0.3 is 6.09 Å². The monoisotopic (exact) mass is 566 g/mol. The summed E-state index contributed by atoms with van der Waals surface area (Å²) in [4.78, 5) is 44.1. The quantitative estimate of drug-likeness (QED) is 0.270. The van der Waals surface area contributed by atoms with Crippen molar-refractivity contribution < 1.29 is 29.0 Å². The summed E-state index contributed by atoms with van der Waals surface area (Å²) >= 11 is 0. The highest BCUT2D eigenvalue weighted by atomic mass is 16.5. The van der Waals surface area contributed by atoms with Crippen LogP contribution < -0.4 is 0 Å². The number of fused-ring (bicyclic) bond motifs is 4. The minimum atomic E-state index is -0.916. The number of rotatable bonds is 7. The number of carbonyl (C=O) groups is 3. The summed E-state index contributed by atoms with van der Waals surface area (Å²) in [6.45, 7) is 2.44. The summed E-state index contributed by atoms with van der Waals surface area (Å²) in [5, 5.41) is 12.1. The first-order chi connectivity index (χ1) is 20.4. The van der Waals surface area contributed by atoms with Gasteiger partial charge in [-0.25, -0.2) is 4.79 Å². The van der Waals surface area contributed by atoms with E-state index in [1.807, 2.05) is 48.5 Å². The highest BCUT2D eigenvalue weighted by Crippen LogP contribution is 2.51. The van der Waals surface area contributed by atoms with Gasteiger partial charge in [0.25, 0.3) is 0 Å². The predicted octanol–water partition coefficient (Wildman–Crippen LogP) is 6.14. The summed E-state index contributed by atoms with van der Waals surface area (Å²) in [7, 11) is 1.18. The molecular weight excluding hydrogens is 532 g/mol. The lowest BCUT2D eigenvalue weighted by Gasteiger charge is -2.31. The number of methoxy groups -OCH3 is 1. The number of imide groups is 3. The van der Waals surface area contributed by atoms with Crippen molar-refractivity contribution in [1.82, 2.24) is 9.88 Å². The minimum Gasteiger partial charge on any atom is -0.507 e. The molecule has 3 aromatic rings. The van der Waals surface area contributed by atoms with Gasteiger partial charge in [0.15, 0.2) is 0 Å². The molecule has 0 unspecified atom stereocenters. The van der Waals surface area contributed by atoms with E-state index < -0.39 is 29.7 Å². The average molecular weight is 567 g/mol. The Labute approximate surface area is 244 Å². The first-order valence-electron chi connectivity index (χ1n) is 14.5. The lowest BCUT2D eigenvalue weighted by molar-refractivity contribution is -0.137. The van der Waals surface area contributed by atoms with Gasteiger partial charge in [-0.3, -0.25) is 14.6 Å². The van der Waals surface area contributed by atoms with Crippen LogP contribution in [-0.4, -0.2) is 52.7 Å². The predicted molar refractivity (Wildman–Crippen MR) is 158 cm³/mol. The smallest absolute Gasteiger partial charge is 0.423 e. The zero-order chi connectivity index (χ0) is 29.4. The maximum Gasteiger partial charge on any atom is 0.423 e. The topological polar surface area (TPSA) is 106 Å². The van der Waals surface area contributed by atoms with Crippen molar-refractivity contribution in [3.63, 3.8) is 0 Å². The molecular formula is C34H34N2O6. The van der Waals surface area contributed by atoms with E-state index in [4.69, 9.17) is 9.47 Å². The van der Waals surface area contributed by atoms with Crippen molar-refractivity contribution in [1.29, 1.82) is 0 Å². The molecule has 2 fully saturated rings. The molecule has 2 aromatic carbocycles. The highest BCUT2D eigenvalue weighted by molar-refractivity contribution is 6.16. The van der Waals surface area contributed by atoms with Gasteiger partial charge in [-0.2, -0.15) is 4.90 Å². The van der Waals surface area contributed by atoms with Crippen LogP contribution in [0, 0.1) is 17.8 Å². The molecule has 1 N–H and O–H groups in total. The number of allylic oxidation sites excluding steroid dienone is 2. The summed E-state index contributed by atoms with van der Waals surface area (Å²) in [6, 6.07) is 17.2.